The molecule has 3 nitrogen and oxygen atoms in total. The van der Waals surface area contributed by atoms with Crippen molar-refractivity contribution in [2.45, 2.75) is 26.3 Å². The van der Waals surface area contributed by atoms with Crippen molar-refractivity contribution in [1.29, 1.82) is 0 Å². The van der Waals surface area contributed by atoms with Crippen molar-refractivity contribution in [3.8, 4) is 0 Å². The lowest BCUT2D eigenvalue weighted by Gasteiger charge is -2.17. The number of halogens is 1. The number of nitrogens with one attached hydrogen (secondary N) is 1. The molecule has 0 saturated carbocycles. The largest absolute Gasteiger partial charge is 0.383 e. The highest BCUT2D eigenvalue weighted by atomic mass is 35.5. The SMILES string of the molecule is COCC(CCCl)NC(=O)c1cc(C)ccc1C. The van der Waals surface area contributed by atoms with E-state index >= 15 is 0 Å². The summed E-state index contributed by atoms with van der Waals surface area (Å²) in [6.07, 6.45) is 0.700. The molecule has 0 aromatic heterocycles. The highest BCUT2D eigenvalue weighted by Crippen LogP contribution is 2.11. The minimum atomic E-state index is -0.0663. The van der Waals surface area contributed by atoms with Crippen molar-refractivity contribution in [2.75, 3.05) is 19.6 Å². The van der Waals surface area contributed by atoms with Crippen LogP contribution in [0.1, 0.15) is 27.9 Å². The Bertz CT molecular complexity index is 401. The summed E-state index contributed by atoms with van der Waals surface area (Å²) >= 11 is 5.71. The van der Waals surface area contributed by atoms with Gasteiger partial charge in [-0.25, -0.2) is 0 Å². The Kier molecular flexibility index (Phi) is 6.16. The molecule has 4 heteroatoms. The van der Waals surface area contributed by atoms with E-state index in [1.165, 1.54) is 0 Å². The van der Waals surface area contributed by atoms with Gasteiger partial charge < -0.3 is 10.1 Å². The molecule has 0 saturated heterocycles. The smallest absolute Gasteiger partial charge is 0.251 e. The van der Waals surface area contributed by atoms with E-state index in [9.17, 15) is 4.79 Å². The van der Waals surface area contributed by atoms with Crippen molar-refractivity contribution in [3.05, 3.63) is 34.9 Å². The predicted molar refractivity (Wildman–Crippen MR) is 74.4 cm³/mol. The molecule has 0 aliphatic heterocycles. The van der Waals surface area contributed by atoms with Crippen LogP contribution in [0.25, 0.3) is 0 Å². The molecule has 0 aliphatic carbocycles. The zero-order valence-electron chi connectivity index (χ0n) is 11.1. The lowest BCUT2D eigenvalue weighted by Crippen LogP contribution is -2.38. The number of carbonyl (C=O) groups excluding carboxylic acids is 1. The van der Waals surface area contributed by atoms with Crippen molar-refractivity contribution >= 4 is 17.5 Å². The highest BCUT2D eigenvalue weighted by molar-refractivity contribution is 6.17. The maximum Gasteiger partial charge on any atom is 0.251 e. The second kappa shape index (κ2) is 7.39. The summed E-state index contributed by atoms with van der Waals surface area (Å²) < 4.78 is 5.07. The summed E-state index contributed by atoms with van der Waals surface area (Å²) in [7, 11) is 1.62. The number of amides is 1. The van der Waals surface area contributed by atoms with E-state index in [1.54, 1.807) is 7.11 Å². The Morgan fingerprint density at radius 3 is 2.78 bits per heavy atom. The fraction of sp³-hybridized carbons (Fsp3) is 0.500. The van der Waals surface area contributed by atoms with Crippen LogP contribution < -0.4 is 5.32 Å². The van der Waals surface area contributed by atoms with Crippen LogP contribution in [0.2, 0.25) is 0 Å². The summed E-state index contributed by atoms with van der Waals surface area (Å²) in [4.78, 5) is 12.2. The summed E-state index contributed by atoms with van der Waals surface area (Å²) in [5.74, 6) is 0.435. The number of hydrogen-bond donors (Lipinski definition) is 1. The first kappa shape index (κ1) is 15.0. The summed E-state index contributed by atoms with van der Waals surface area (Å²) in [6.45, 7) is 4.38. The molecule has 1 atom stereocenters. The third kappa shape index (κ3) is 4.31. The normalized spacial score (nSPS) is 12.2. The van der Waals surface area contributed by atoms with Crippen molar-refractivity contribution in [1.82, 2.24) is 5.32 Å². The molecule has 1 unspecified atom stereocenters. The summed E-state index contributed by atoms with van der Waals surface area (Å²) in [5, 5.41) is 2.95. The van der Waals surface area contributed by atoms with Gasteiger partial charge in [0.15, 0.2) is 0 Å². The Balaban J connectivity index is 2.76. The van der Waals surface area contributed by atoms with Crippen molar-refractivity contribution < 1.29 is 9.53 Å². The first-order valence-electron chi connectivity index (χ1n) is 6.01. The molecule has 1 N–H and O–H groups in total. The van der Waals surface area contributed by atoms with Crippen LogP contribution in [0.15, 0.2) is 18.2 Å². The van der Waals surface area contributed by atoms with E-state index < -0.39 is 0 Å². The number of methoxy groups -OCH3 is 1. The van der Waals surface area contributed by atoms with E-state index in [0.29, 0.717) is 24.5 Å². The first-order valence-corrected chi connectivity index (χ1v) is 6.55. The number of rotatable bonds is 6. The van der Waals surface area contributed by atoms with Crippen LogP contribution in [0.4, 0.5) is 0 Å². The van der Waals surface area contributed by atoms with Crippen LogP contribution in [0.3, 0.4) is 0 Å². The fourth-order valence-electron chi connectivity index (χ4n) is 1.77. The second-order valence-corrected chi connectivity index (χ2v) is 4.80. The fourth-order valence-corrected chi connectivity index (χ4v) is 2.04. The van der Waals surface area contributed by atoms with Gasteiger partial charge in [0.2, 0.25) is 0 Å². The zero-order valence-corrected chi connectivity index (χ0v) is 11.9. The van der Waals surface area contributed by atoms with E-state index in [1.807, 2.05) is 32.0 Å². The molecule has 0 spiro atoms. The van der Waals surface area contributed by atoms with E-state index in [4.69, 9.17) is 16.3 Å². The maximum absolute atomic E-state index is 12.2. The molecule has 1 aromatic carbocycles. The predicted octanol–water partition coefficient (Wildman–Crippen LogP) is 2.68. The Labute approximate surface area is 113 Å². The van der Waals surface area contributed by atoms with Gasteiger partial charge >= 0.3 is 0 Å². The van der Waals surface area contributed by atoms with Gasteiger partial charge in [0.1, 0.15) is 0 Å². The van der Waals surface area contributed by atoms with Gasteiger partial charge in [-0.2, -0.15) is 0 Å². The molecule has 18 heavy (non-hydrogen) atoms. The lowest BCUT2D eigenvalue weighted by molar-refractivity contribution is 0.0894. The number of hydrogen-bond acceptors (Lipinski definition) is 2. The standard InChI is InChI=1S/C14H20ClNO2/c1-10-4-5-11(2)13(8-10)14(17)16-12(6-7-15)9-18-3/h4-5,8,12H,6-7,9H2,1-3H3,(H,16,17). The molecular weight excluding hydrogens is 250 g/mol. The quantitative estimate of drug-likeness (QED) is 0.807. The summed E-state index contributed by atoms with van der Waals surface area (Å²) in [5.41, 5.74) is 2.76. The van der Waals surface area contributed by atoms with Gasteiger partial charge in [-0.3, -0.25) is 4.79 Å². The molecular formula is C14H20ClNO2. The molecule has 0 heterocycles. The Morgan fingerprint density at radius 2 is 2.17 bits per heavy atom. The molecule has 0 radical (unpaired) electrons. The van der Waals surface area contributed by atoms with Crippen LogP contribution in [-0.2, 0) is 4.74 Å². The van der Waals surface area contributed by atoms with E-state index in [-0.39, 0.29) is 11.9 Å². The van der Waals surface area contributed by atoms with Crippen LogP contribution >= 0.6 is 11.6 Å². The van der Waals surface area contributed by atoms with E-state index in [0.717, 1.165) is 11.1 Å². The van der Waals surface area contributed by atoms with Gasteiger partial charge in [-0.05, 0) is 31.9 Å². The lowest BCUT2D eigenvalue weighted by atomic mass is 10.0. The topological polar surface area (TPSA) is 38.3 Å². The molecule has 1 rings (SSSR count). The molecule has 0 aliphatic rings. The number of alkyl halides is 1. The molecule has 0 bridgehead atoms. The summed E-state index contributed by atoms with van der Waals surface area (Å²) in [6, 6.07) is 5.81. The van der Waals surface area contributed by atoms with E-state index in [2.05, 4.69) is 5.32 Å². The average molecular weight is 270 g/mol. The minimum absolute atomic E-state index is 0.0417. The third-order valence-electron chi connectivity index (χ3n) is 2.80. The van der Waals surface area contributed by atoms with Gasteiger partial charge in [-0.1, -0.05) is 17.7 Å². The number of aryl methyl sites for hydroxylation is 2. The monoisotopic (exact) mass is 269 g/mol. The first-order chi connectivity index (χ1) is 8.58. The van der Waals surface area contributed by atoms with Crippen LogP contribution in [0, 0.1) is 13.8 Å². The maximum atomic E-state index is 12.2. The molecule has 0 fully saturated rings. The Morgan fingerprint density at radius 1 is 1.44 bits per heavy atom. The Hall–Kier alpha value is -1.06. The number of carbonyl (C=O) groups is 1. The van der Waals surface area contributed by atoms with Crippen LogP contribution in [0.5, 0.6) is 0 Å². The minimum Gasteiger partial charge on any atom is -0.383 e. The zero-order chi connectivity index (χ0) is 13.5. The van der Waals surface area contributed by atoms with Gasteiger partial charge in [-0.15, -0.1) is 11.6 Å². The van der Waals surface area contributed by atoms with Crippen molar-refractivity contribution in [2.24, 2.45) is 0 Å². The molecule has 1 aromatic rings. The highest BCUT2D eigenvalue weighted by Gasteiger charge is 2.14. The van der Waals surface area contributed by atoms with Crippen molar-refractivity contribution in [3.63, 3.8) is 0 Å². The van der Waals surface area contributed by atoms with Gasteiger partial charge in [0.05, 0.1) is 12.6 Å². The molecule has 100 valence electrons. The number of ether oxygens (including phenoxy) is 1. The average Bonchev–Trinajstić information content (AvgIpc) is 2.33. The second-order valence-electron chi connectivity index (χ2n) is 4.42. The molecule has 1 amide bonds. The third-order valence-corrected chi connectivity index (χ3v) is 3.02. The number of benzene rings is 1. The van der Waals surface area contributed by atoms with Gasteiger partial charge in [0.25, 0.3) is 5.91 Å². The van der Waals surface area contributed by atoms with Gasteiger partial charge in [0, 0.05) is 18.6 Å². The van der Waals surface area contributed by atoms with Crippen LogP contribution in [-0.4, -0.2) is 31.5 Å².